The summed E-state index contributed by atoms with van der Waals surface area (Å²) in [5, 5.41) is 8.01. The standard InChI is InChI=1S/C18H21N5O/c19-16(24)14-11-20-23-17(14)22-15(12-7-3-1-4-8-12)18(23)21-13-9-5-2-6-10-13/h1,3-4,7-8,11,13,21-22H,2,5-6,9-10H2,(H2,19,24). The van der Waals surface area contributed by atoms with Gasteiger partial charge in [-0.05, 0) is 12.8 Å². The average molecular weight is 323 g/mol. The molecule has 1 aromatic carbocycles. The van der Waals surface area contributed by atoms with Gasteiger partial charge in [0, 0.05) is 11.6 Å². The minimum absolute atomic E-state index is 0.406. The molecule has 4 rings (SSSR count). The fourth-order valence-corrected chi connectivity index (χ4v) is 3.49. The Bertz CT molecular complexity index is 858. The molecule has 2 aromatic heterocycles. The van der Waals surface area contributed by atoms with Gasteiger partial charge in [0.05, 0.1) is 11.9 Å². The number of aromatic amines is 1. The number of nitrogens with zero attached hydrogens (tertiary/aromatic N) is 2. The van der Waals surface area contributed by atoms with Crippen molar-refractivity contribution in [3.05, 3.63) is 42.1 Å². The summed E-state index contributed by atoms with van der Waals surface area (Å²) in [7, 11) is 0. The number of benzene rings is 1. The van der Waals surface area contributed by atoms with E-state index in [9.17, 15) is 4.79 Å². The van der Waals surface area contributed by atoms with Crippen molar-refractivity contribution in [3.8, 4) is 11.3 Å². The van der Waals surface area contributed by atoms with Crippen LogP contribution in [0.25, 0.3) is 16.9 Å². The third-order valence-corrected chi connectivity index (χ3v) is 4.74. The molecule has 3 aromatic rings. The molecule has 24 heavy (non-hydrogen) atoms. The summed E-state index contributed by atoms with van der Waals surface area (Å²) >= 11 is 0. The van der Waals surface area contributed by atoms with Crippen LogP contribution < -0.4 is 11.1 Å². The Balaban J connectivity index is 1.83. The minimum atomic E-state index is -0.477. The quantitative estimate of drug-likeness (QED) is 0.689. The van der Waals surface area contributed by atoms with Crippen LogP contribution in [0.1, 0.15) is 42.5 Å². The first-order valence-electron chi connectivity index (χ1n) is 8.45. The minimum Gasteiger partial charge on any atom is -0.365 e. The number of H-pyrrole nitrogens is 1. The number of fused-ring (bicyclic) bond motifs is 1. The van der Waals surface area contributed by atoms with E-state index in [4.69, 9.17) is 5.73 Å². The van der Waals surface area contributed by atoms with Gasteiger partial charge in [0.1, 0.15) is 11.2 Å². The summed E-state index contributed by atoms with van der Waals surface area (Å²) in [6.45, 7) is 0. The van der Waals surface area contributed by atoms with Gasteiger partial charge < -0.3 is 16.0 Å². The number of primary amides is 1. The van der Waals surface area contributed by atoms with Crippen molar-refractivity contribution in [1.29, 1.82) is 0 Å². The molecule has 4 N–H and O–H groups in total. The Morgan fingerprint density at radius 2 is 1.96 bits per heavy atom. The van der Waals surface area contributed by atoms with Crippen LogP contribution in [0, 0.1) is 0 Å². The van der Waals surface area contributed by atoms with Gasteiger partial charge >= 0.3 is 0 Å². The van der Waals surface area contributed by atoms with Gasteiger partial charge in [0.2, 0.25) is 0 Å². The lowest BCUT2D eigenvalue weighted by Crippen LogP contribution is -2.23. The van der Waals surface area contributed by atoms with Gasteiger partial charge in [0.25, 0.3) is 5.91 Å². The number of nitrogens with one attached hydrogen (secondary N) is 2. The average Bonchev–Trinajstić information content (AvgIpc) is 3.17. The van der Waals surface area contributed by atoms with E-state index in [-0.39, 0.29) is 0 Å². The normalized spacial score (nSPS) is 15.7. The van der Waals surface area contributed by atoms with Crippen LogP contribution in [0.3, 0.4) is 0 Å². The van der Waals surface area contributed by atoms with Crippen molar-refractivity contribution < 1.29 is 4.79 Å². The zero-order valence-electron chi connectivity index (χ0n) is 13.5. The van der Waals surface area contributed by atoms with Crippen LogP contribution in [0.4, 0.5) is 5.82 Å². The summed E-state index contributed by atoms with van der Waals surface area (Å²) in [4.78, 5) is 15.0. The molecular weight excluding hydrogens is 302 g/mol. The molecule has 1 aliphatic rings. The first-order valence-corrected chi connectivity index (χ1v) is 8.45. The van der Waals surface area contributed by atoms with Crippen LogP contribution >= 0.6 is 0 Å². The number of rotatable bonds is 4. The number of carbonyl (C=O) groups excluding carboxylic acids is 1. The molecule has 6 nitrogen and oxygen atoms in total. The Morgan fingerprint density at radius 1 is 1.21 bits per heavy atom. The number of nitrogens with two attached hydrogens (primary N) is 1. The molecule has 1 saturated carbocycles. The molecule has 124 valence electrons. The second-order valence-electron chi connectivity index (χ2n) is 6.38. The van der Waals surface area contributed by atoms with Gasteiger partial charge in [-0.1, -0.05) is 49.6 Å². The molecule has 0 radical (unpaired) electrons. The van der Waals surface area contributed by atoms with Crippen molar-refractivity contribution in [2.45, 2.75) is 38.1 Å². The highest BCUT2D eigenvalue weighted by Gasteiger charge is 2.22. The molecule has 0 unspecified atom stereocenters. The maximum absolute atomic E-state index is 11.7. The van der Waals surface area contributed by atoms with Gasteiger partial charge in [-0.25, -0.2) is 0 Å². The number of carbonyl (C=O) groups is 1. The first kappa shape index (κ1) is 14.8. The van der Waals surface area contributed by atoms with E-state index in [1.807, 2.05) is 30.3 Å². The maximum Gasteiger partial charge on any atom is 0.254 e. The molecule has 0 saturated heterocycles. The number of amides is 1. The number of aromatic nitrogens is 3. The number of hydrogen-bond donors (Lipinski definition) is 3. The monoisotopic (exact) mass is 323 g/mol. The highest BCUT2D eigenvalue weighted by atomic mass is 16.1. The summed E-state index contributed by atoms with van der Waals surface area (Å²) in [6, 6.07) is 10.5. The topological polar surface area (TPSA) is 88.2 Å². The van der Waals surface area contributed by atoms with E-state index in [1.165, 1.54) is 25.5 Å². The summed E-state index contributed by atoms with van der Waals surface area (Å²) in [5.74, 6) is 0.422. The van der Waals surface area contributed by atoms with E-state index >= 15 is 0 Å². The largest absolute Gasteiger partial charge is 0.365 e. The van der Waals surface area contributed by atoms with Crippen molar-refractivity contribution in [3.63, 3.8) is 0 Å². The Labute approximate surface area is 140 Å². The molecule has 0 bridgehead atoms. The molecule has 1 aliphatic carbocycles. The maximum atomic E-state index is 11.7. The van der Waals surface area contributed by atoms with Crippen molar-refractivity contribution in [2.75, 3.05) is 5.32 Å². The Kier molecular flexibility index (Phi) is 3.72. The van der Waals surface area contributed by atoms with E-state index in [1.54, 1.807) is 4.52 Å². The number of anilines is 1. The highest BCUT2D eigenvalue weighted by molar-refractivity contribution is 5.99. The number of hydrogen-bond acceptors (Lipinski definition) is 3. The number of imidazole rings is 1. The predicted octanol–water partition coefficient (Wildman–Crippen LogP) is 3.17. The zero-order chi connectivity index (χ0) is 16.5. The molecule has 6 heteroatoms. The van der Waals surface area contributed by atoms with Crippen LogP contribution in [0.15, 0.2) is 36.5 Å². The fraction of sp³-hybridized carbons (Fsp3) is 0.333. The van der Waals surface area contributed by atoms with Gasteiger partial charge in [0.15, 0.2) is 5.82 Å². The lowest BCUT2D eigenvalue weighted by Gasteiger charge is -2.23. The fourth-order valence-electron chi connectivity index (χ4n) is 3.49. The van der Waals surface area contributed by atoms with E-state index in [2.05, 4.69) is 15.4 Å². The van der Waals surface area contributed by atoms with Crippen LogP contribution in [0.5, 0.6) is 0 Å². The van der Waals surface area contributed by atoms with E-state index < -0.39 is 5.91 Å². The SMILES string of the molecule is NC(=O)c1cnn2c(NC3CCCCC3)c(-c3ccccc3)[nH]c12. The van der Waals surface area contributed by atoms with Crippen molar-refractivity contribution >= 4 is 17.4 Å². The van der Waals surface area contributed by atoms with Crippen LogP contribution in [-0.2, 0) is 0 Å². The van der Waals surface area contributed by atoms with E-state index in [0.717, 1.165) is 29.9 Å². The lowest BCUT2D eigenvalue weighted by molar-refractivity contribution is 0.100. The summed E-state index contributed by atoms with van der Waals surface area (Å²) < 4.78 is 1.76. The van der Waals surface area contributed by atoms with E-state index in [0.29, 0.717) is 17.3 Å². The Hall–Kier alpha value is -2.76. The molecule has 0 atom stereocenters. The third kappa shape index (κ3) is 2.54. The van der Waals surface area contributed by atoms with Crippen molar-refractivity contribution in [1.82, 2.24) is 14.6 Å². The van der Waals surface area contributed by atoms with Gasteiger partial charge in [-0.15, -0.1) is 0 Å². The summed E-state index contributed by atoms with van der Waals surface area (Å²) in [6.07, 6.45) is 7.64. The Morgan fingerprint density at radius 3 is 2.67 bits per heavy atom. The molecule has 2 heterocycles. The zero-order valence-corrected chi connectivity index (χ0v) is 13.5. The molecule has 0 aliphatic heterocycles. The van der Waals surface area contributed by atoms with Crippen LogP contribution in [-0.4, -0.2) is 26.5 Å². The van der Waals surface area contributed by atoms with Crippen LogP contribution in [0.2, 0.25) is 0 Å². The van der Waals surface area contributed by atoms with Gasteiger partial charge in [-0.2, -0.15) is 9.61 Å². The van der Waals surface area contributed by atoms with Crippen molar-refractivity contribution in [2.24, 2.45) is 5.73 Å². The highest BCUT2D eigenvalue weighted by Crippen LogP contribution is 2.32. The molecule has 0 spiro atoms. The first-order chi connectivity index (χ1) is 11.7. The predicted molar refractivity (Wildman–Crippen MR) is 94.0 cm³/mol. The second kappa shape index (κ2) is 6.03. The third-order valence-electron chi connectivity index (χ3n) is 4.74. The summed E-state index contributed by atoms with van der Waals surface area (Å²) in [5.41, 5.74) is 8.51. The molecule has 1 amide bonds. The smallest absolute Gasteiger partial charge is 0.254 e. The molecule has 1 fully saturated rings. The van der Waals surface area contributed by atoms with Gasteiger partial charge in [-0.3, -0.25) is 4.79 Å². The second-order valence-corrected chi connectivity index (χ2v) is 6.38. The molecular formula is C18H21N5O. The lowest BCUT2D eigenvalue weighted by atomic mass is 9.95.